The summed E-state index contributed by atoms with van der Waals surface area (Å²) in [4.78, 5) is 0. The summed E-state index contributed by atoms with van der Waals surface area (Å²) in [5.41, 5.74) is 0. The van der Waals surface area contributed by atoms with Gasteiger partial charge < -0.3 is 4.74 Å². The smallest absolute Gasteiger partial charge is 0.183 e. The normalized spacial score (nSPS) is 31.8. The van der Waals surface area contributed by atoms with Crippen LogP contribution in [0.15, 0.2) is 0 Å². The quantitative estimate of drug-likeness (QED) is 0.570. The molecule has 2 saturated heterocycles. The van der Waals surface area contributed by atoms with Crippen LogP contribution in [0, 0.1) is 11.3 Å². The van der Waals surface area contributed by atoms with Crippen molar-refractivity contribution in [3.05, 3.63) is 0 Å². The number of quaternary nitrogens is 1. The van der Waals surface area contributed by atoms with Gasteiger partial charge in [-0.2, -0.15) is 5.26 Å². The van der Waals surface area contributed by atoms with Crippen molar-refractivity contribution in [1.29, 1.82) is 5.26 Å². The fourth-order valence-corrected chi connectivity index (χ4v) is 2.52. The number of nitriles is 1. The first-order valence-corrected chi connectivity index (χ1v) is 5.18. The minimum absolute atomic E-state index is 0.211. The summed E-state index contributed by atoms with van der Waals surface area (Å²) in [6, 6.07) is 2.20. The van der Waals surface area contributed by atoms with E-state index >= 15 is 0 Å². The molecule has 3 heteroatoms. The lowest BCUT2D eigenvalue weighted by molar-refractivity contribution is -0.929. The van der Waals surface area contributed by atoms with Crippen LogP contribution < -0.4 is 0 Å². The van der Waals surface area contributed by atoms with Crippen molar-refractivity contribution in [1.82, 2.24) is 0 Å². The van der Waals surface area contributed by atoms with Gasteiger partial charge >= 0.3 is 0 Å². The van der Waals surface area contributed by atoms with Crippen LogP contribution in [0.4, 0.5) is 0 Å². The van der Waals surface area contributed by atoms with Crippen molar-refractivity contribution in [2.45, 2.75) is 31.8 Å². The number of hydrogen-bond acceptors (Lipinski definition) is 2. The highest BCUT2D eigenvalue weighted by Gasteiger charge is 2.39. The summed E-state index contributed by atoms with van der Waals surface area (Å²) < 4.78 is 6.77. The molecule has 2 rings (SSSR count). The number of piperidine rings is 1. The Morgan fingerprint density at radius 2 is 2.08 bits per heavy atom. The summed E-state index contributed by atoms with van der Waals surface area (Å²) in [6.45, 7) is 4.46. The van der Waals surface area contributed by atoms with Gasteiger partial charge in [0.15, 0.2) is 6.73 Å². The van der Waals surface area contributed by atoms with Crippen LogP contribution in [0.2, 0.25) is 0 Å². The van der Waals surface area contributed by atoms with Gasteiger partial charge in [0.25, 0.3) is 0 Å². The fourth-order valence-electron chi connectivity index (χ4n) is 2.52. The molecule has 0 amide bonds. The zero-order chi connectivity index (χ0) is 9.15. The first-order valence-electron chi connectivity index (χ1n) is 5.18. The second kappa shape index (κ2) is 3.65. The average molecular weight is 181 g/mol. The fraction of sp³-hybridized carbons (Fsp3) is 0.900. The molecule has 1 atom stereocenters. The predicted molar refractivity (Wildman–Crippen MR) is 48.7 cm³/mol. The first-order chi connectivity index (χ1) is 6.35. The lowest BCUT2D eigenvalue weighted by atomic mass is 10.1. The third-order valence-electron chi connectivity index (χ3n) is 3.26. The van der Waals surface area contributed by atoms with E-state index in [9.17, 15) is 0 Å². The van der Waals surface area contributed by atoms with Crippen molar-refractivity contribution in [3.63, 3.8) is 0 Å². The average Bonchev–Trinajstić information content (AvgIpc) is 2.51. The summed E-state index contributed by atoms with van der Waals surface area (Å²) in [6.07, 6.45) is 4.83. The van der Waals surface area contributed by atoms with Crippen LogP contribution in [-0.4, -0.2) is 37.0 Å². The second-order valence-corrected chi connectivity index (χ2v) is 4.31. The van der Waals surface area contributed by atoms with Crippen LogP contribution >= 0.6 is 0 Å². The Morgan fingerprint density at radius 1 is 1.31 bits per heavy atom. The highest BCUT2D eigenvalue weighted by Crippen LogP contribution is 2.26. The first kappa shape index (κ1) is 8.98. The van der Waals surface area contributed by atoms with Crippen LogP contribution in [0.1, 0.15) is 25.7 Å². The maximum absolute atomic E-state index is 8.58. The van der Waals surface area contributed by atoms with Gasteiger partial charge in [-0.25, -0.2) is 0 Å². The Hall–Kier alpha value is -0.590. The topological polar surface area (TPSA) is 33.0 Å². The maximum Gasteiger partial charge on any atom is 0.183 e. The number of hydrogen-bond donors (Lipinski definition) is 0. The summed E-state index contributed by atoms with van der Waals surface area (Å²) >= 11 is 0. The number of ether oxygens (including phenoxy) is 1. The van der Waals surface area contributed by atoms with Crippen molar-refractivity contribution < 1.29 is 9.22 Å². The van der Waals surface area contributed by atoms with E-state index in [-0.39, 0.29) is 6.10 Å². The van der Waals surface area contributed by atoms with Gasteiger partial charge in [0, 0.05) is 0 Å². The van der Waals surface area contributed by atoms with E-state index in [1.165, 1.54) is 32.4 Å². The molecule has 2 aliphatic heterocycles. The van der Waals surface area contributed by atoms with E-state index in [1.807, 2.05) is 0 Å². The van der Waals surface area contributed by atoms with E-state index in [0.717, 1.165) is 17.8 Å². The highest BCUT2D eigenvalue weighted by molar-refractivity contribution is 4.78. The number of nitrogens with zero attached hydrogens (tertiary/aromatic N) is 2. The standard InChI is InChI=1S/C10H17N2O/c11-5-4-10-8-12(9-13-10)6-2-1-3-7-12/h10H,1-4,6-9H2/q+1. The van der Waals surface area contributed by atoms with Crippen LogP contribution in [0.5, 0.6) is 0 Å². The van der Waals surface area contributed by atoms with Crippen molar-refractivity contribution in [2.75, 3.05) is 26.4 Å². The molecule has 0 radical (unpaired) electrons. The van der Waals surface area contributed by atoms with Crippen molar-refractivity contribution >= 4 is 0 Å². The lowest BCUT2D eigenvalue weighted by Crippen LogP contribution is -2.49. The van der Waals surface area contributed by atoms with E-state index in [2.05, 4.69) is 6.07 Å². The zero-order valence-electron chi connectivity index (χ0n) is 8.04. The zero-order valence-corrected chi connectivity index (χ0v) is 8.04. The van der Waals surface area contributed by atoms with Gasteiger partial charge in [-0.3, -0.25) is 4.48 Å². The molecule has 72 valence electrons. The molecule has 1 spiro atoms. The molecule has 1 unspecified atom stereocenters. The Balaban J connectivity index is 1.91. The van der Waals surface area contributed by atoms with Gasteiger partial charge in [-0.05, 0) is 19.3 Å². The second-order valence-electron chi connectivity index (χ2n) is 4.31. The van der Waals surface area contributed by atoms with Gasteiger partial charge in [0.1, 0.15) is 12.6 Å². The Bertz CT molecular complexity index is 215. The monoisotopic (exact) mass is 181 g/mol. The summed E-state index contributed by atoms with van der Waals surface area (Å²) in [7, 11) is 0. The van der Waals surface area contributed by atoms with E-state index in [4.69, 9.17) is 10.00 Å². The third-order valence-corrected chi connectivity index (χ3v) is 3.26. The SMILES string of the molecule is N#CCC1C[N+]2(CCCCC2)CO1. The minimum Gasteiger partial charge on any atom is -0.321 e. The van der Waals surface area contributed by atoms with Crippen LogP contribution in [-0.2, 0) is 4.74 Å². The molecule has 0 aromatic heterocycles. The molecule has 0 aromatic rings. The molecule has 0 bridgehead atoms. The largest absolute Gasteiger partial charge is 0.321 e. The molecular weight excluding hydrogens is 164 g/mol. The van der Waals surface area contributed by atoms with E-state index in [0.29, 0.717) is 6.42 Å². The molecule has 13 heavy (non-hydrogen) atoms. The van der Waals surface area contributed by atoms with Gasteiger partial charge in [0.2, 0.25) is 0 Å². The third kappa shape index (κ3) is 1.84. The lowest BCUT2D eigenvalue weighted by Gasteiger charge is -2.35. The molecule has 0 saturated carbocycles. The Labute approximate surface area is 79.5 Å². The molecule has 2 fully saturated rings. The Morgan fingerprint density at radius 3 is 2.77 bits per heavy atom. The van der Waals surface area contributed by atoms with E-state index in [1.54, 1.807) is 0 Å². The molecule has 2 heterocycles. The van der Waals surface area contributed by atoms with Gasteiger partial charge in [0.05, 0.1) is 25.6 Å². The minimum atomic E-state index is 0.211. The van der Waals surface area contributed by atoms with Crippen LogP contribution in [0.25, 0.3) is 0 Å². The van der Waals surface area contributed by atoms with Gasteiger partial charge in [-0.15, -0.1) is 0 Å². The van der Waals surface area contributed by atoms with Crippen molar-refractivity contribution in [3.8, 4) is 6.07 Å². The van der Waals surface area contributed by atoms with Crippen LogP contribution in [0.3, 0.4) is 0 Å². The van der Waals surface area contributed by atoms with E-state index < -0.39 is 0 Å². The molecule has 0 N–H and O–H groups in total. The summed E-state index contributed by atoms with van der Waals surface area (Å²) in [5, 5.41) is 8.58. The highest BCUT2D eigenvalue weighted by atomic mass is 16.5. The van der Waals surface area contributed by atoms with Crippen molar-refractivity contribution in [2.24, 2.45) is 0 Å². The molecule has 2 aliphatic rings. The molecule has 3 nitrogen and oxygen atoms in total. The molecular formula is C10H17N2O+. The maximum atomic E-state index is 8.58. The molecule has 0 aliphatic carbocycles. The molecule has 0 aromatic carbocycles. The summed E-state index contributed by atoms with van der Waals surface area (Å²) in [5.74, 6) is 0. The number of rotatable bonds is 1. The Kier molecular flexibility index (Phi) is 2.52. The predicted octanol–water partition coefficient (Wildman–Crippen LogP) is 1.26. The van der Waals surface area contributed by atoms with Gasteiger partial charge in [-0.1, -0.05) is 0 Å².